The van der Waals surface area contributed by atoms with Crippen LogP contribution < -0.4 is 5.32 Å². The summed E-state index contributed by atoms with van der Waals surface area (Å²) in [6, 6.07) is 9.59. The fraction of sp³-hybridized carbons (Fsp3) is 0.370. The van der Waals surface area contributed by atoms with Gasteiger partial charge in [0.2, 0.25) is 5.91 Å². The van der Waals surface area contributed by atoms with E-state index in [-0.39, 0.29) is 17.3 Å². The summed E-state index contributed by atoms with van der Waals surface area (Å²) in [5.41, 5.74) is 3.04. The maximum Gasteiger partial charge on any atom is 0.316 e. The van der Waals surface area contributed by atoms with Crippen LogP contribution in [-0.2, 0) is 9.53 Å². The summed E-state index contributed by atoms with van der Waals surface area (Å²) in [7, 11) is 0. The van der Waals surface area contributed by atoms with Crippen molar-refractivity contribution >= 4 is 23.1 Å². The molecule has 1 fully saturated rings. The minimum Gasteiger partial charge on any atom is -0.497 e. The summed E-state index contributed by atoms with van der Waals surface area (Å²) in [5.74, 6) is -0.709. The first-order valence-corrected chi connectivity index (χ1v) is 11.9. The van der Waals surface area contributed by atoms with Gasteiger partial charge >= 0.3 is 5.91 Å². The highest BCUT2D eigenvalue weighted by atomic mass is 19.1. The minimum absolute atomic E-state index is 0.157. The molecule has 182 valence electrons. The molecule has 1 unspecified atom stereocenters. The van der Waals surface area contributed by atoms with Gasteiger partial charge in [-0.15, -0.1) is 4.91 Å². The Morgan fingerprint density at radius 2 is 1.91 bits per heavy atom. The number of rotatable bonds is 9. The van der Waals surface area contributed by atoms with E-state index in [0.29, 0.717) is 65.6 Å². The molecule has 1 aromatic carbocycles. The SMILES string of the molecule is CCOC1=C(c2ccc(C(CC3CC3)C(=O)Nc3ccc(C(=O)N=O)cc3)nc2)C(F)=C(C)CC1. The van der Waals surface area contributed by atoms with Crippen molar-refractivity contribution in [2.75, 3.05) is 11.9 Å². The van der Waals surface area contributed by atoms with Gasteiger partial charge < -0.3 is 10.1 Å². The van der Waals surface area contributed by atoms with Gasteiger partial charge in [0.05, 0.1) is 23.8 Å². The molecule has 2 amide bonds. The number of ether oxygens (including phenoxy) is 1. The van der Waals surface area contributed by atoms with Crippen LogP contribution in [0.15, 0.2) is 64.9 Å². The molecule has 1 heterocycles. The van der Waals surface area contributed by atoms with Gasteiger partial charge in [0, 0.05) is 34.6 Å². The molecule has 0 aliphatic heterocycles. The van der Waals surface area contributed by atoms with Crippen LogP contribution >= 0.6 is 0 Å². The number of anilines is 1. The van der Waals surface area contributed by atoms with Crippen LogP contribution in [0.1, 0.15) is 73.5 Å². The quantitative estimate of drug-likeness (QED) is 0.428. The Kier molecular flexibility index (Phi) is 7.48. The van der Waals surface area contributed by atoms with Crippen LogP contribution in [0.25, 0.3) is 5.57 Å². The number of nitrogens with one attached hydrogen (secondary N) is 1. The van der Waals surface area contributed by atoms with Crippen LogP contribution in [0.5, 0.6) is 0 Å². The van der Waals surface area contributed by atoms with Crippen molar-refractivity contribution in [2.24, 2.45) is 11.1 Å². The predicted octanol–water partition coefficient (Wildman–Crippen LogP) is 6.30. The Morgan fingerprint density at radius 1 is 1.17 bits per heavy atom. The third kappa shape index (κ3) is 5.70. The van der Waals surface area contributed by atoms with Gasteiger partial charge in [-0.3, -0.25) is 14.6 Å². The Bertz CT molecular complexity index is 1180. The Labute approximate surface area is 203 Å². The fourth-order valence-electron chi connectivity index (χ4n) is 4.26. The summed E-state index contributed by atoms with van der Waals surface area (Å²) in [4.78, 5) is 39.6. The Hall–Kier alpha value is -3.68. The van der Waals surface area contributed by atoms with Crippen LogP contribution in [0, 0.1) is 10.8 Å². The molecular weight excluding hydrogens is 449 g/mol. The second-order valence-electron chi connectivity index (χ2n) is 8.99. The third-order valence-electron chi connectivity index (χ3n) is 6.42. The lowest BCUT2D eigenvalue weighted by molar-refractivity contribution is -0.117. The zero-order valence-electron chi connectivity index (χ0n) is 19.8. The van der Waals surface area contributed by atoms with E-state index in [1.165, 1.54) is 12.1 Å². The number of aromatic nitrogens is 1. The van der Waals surface area contributed by atoms with Gasteiger partial charge in [-0.1, -0.05) is 18.9 Å². The van der Waals surface area contributed by atoms with E-state index < -0.39 is 11.8 Å². The normalized spacial score (nSPS) is 16.7. The van der Waals surface area contributed by atoms with Gasteiger partial charge in [0.1, 0.15) is 11.6 Å². The van der Waals surface area contributed by atoms with Crippen LogP contribution in [0.3, 0.4) is 0 Å². The number of pyridine rings is 1. The maximum absolute atomic E-state index is 15.0. The fourth-order valence-corrected chi connectivity index (χ4v) is 4.26. The van der Waals surface area contributed by atoms with Crippen molar-refractivity contribution in [2.45, 2.75) is 51.9 Å². The molecule has 0 bridgehead atoms. The van der Waals surface area contributed by atoms with Gasteiger partial charge in [-0.2, -0.15) is 0 Å². The summed E-state index contributed by atoms with van der Waals surface area (Å²) in [6.45, 7) is 4.12. The predicted molar refractivity (Wildman–Crippen MR) is 131 cm³/mol. The molecule has 2 aliphatic rings. The van der Waals surface area contributed by atoms with E-state index in [1.54, 1.807) is 37.4 Å². The maximum atomic E-state index is 15.0. The molecule has 0 spiro atoms. The third-order valence-corrected chi connectivity index (χ3v) is 6.42. The zero-order chi connectivity index (χ0) is 24.9. The highest BCUT2D eigenvalue weighted by molar-refractivity contribution is 5.97. The molecule has 4 rings (SSSR count). The van der Waals surface area contributed by atoms with Crippen molar-refractivity contribution in [3.8, 4) is 0 Å². The number of carbonyl (C=O) groups excluding carboxylic acids is 2. The first-order chi connectivity index (χ1) is 16.9. The van der Waals surface area contributed by atoms with Crippen LogP contribution in [0.2, 0.25) is 0 Å². The lowest BCUT2D eigenvalue weighted by Crippen LogP contribution is -2.22. The number of halogens is 1. The largest absolute Gasteiger partial charge is 0.497 e. The summed E-state index contributed by atoms with van der Waals surface area (Å²) in [6.07, 6.45) is 5.71. The van der Waals surface area contributed by atoms with E-state index >= 15 is 4.39 Å². The molecule has 2 aromatic rings. The molecule has 8 heteroatoms. The first-order valence-electron chi connectivity index (χ1n) is 11.9. The highest BCUT2D eigenvalue weighted by Crippen LogP contribution is 2.40. The van der Waals surface area contributed by atoms with Gasteiger partial charge in [0.15, 0.2) is 0 Å². The van der Waals surface area contributed by atoms with E-state index in [0.717, 1.165) is 12.8 Å². The molecule has 0 radical (unpaired) electrons. The number of nitroso groups, excluding NO2 is 1. The molecule has 1 saturated carbocycles. The summed E-state index contributed by atoms with van der Waals surface area (Å²) < 4.78 is 20.7. The van der Waals surface area contributed by atoms with Crippen molar-refractivity contribution in [1.82, 2.24) is 4.98 Å². The number of amides is 2. The summed E-state index contributed by atoms with van der Waals surface area (Å²) >= 11 is 0. The number of allylic oxidation sites excluding steroid dienone is 4. The van der Waals surface area contributed by atoms with E-state index in [2.05, 4.69) is 15.5 Å². The molecule has 7 nitrogen and oxygen atoms in total. The standard InChI is InChI=1S/C27H28FN3O4/c1-3-35-23-13-4-16(2)25(28)24(23)19-9-12-22(29-15-19)21(14-17-5-6-17)27(33)30-20-10-7-18(8-11-20)26(32)31-34/h7-12,15,17,21H,3-6,13-14H2,1-2H3,(H,30,33). The van der Waals surface area contributed by atoms with Gasteiger partial charge in [0.25, 0.3) is 0 Å². The minimum atomic E-state index is -0.860. The molecule has 1 atom stereocenters. The first kappa shape index (κ1) is 24.4. The lowest BCUT2D eigenvalue weighted by Gasteiger charge is -2.21. The van der Waals surface area contributed by atoms with Crippen LogP contribution in [-0.4, -0.2) is 23.4 Å². The molecular formula is C27H28FN3O4. The van der Waals surface area contributed by atoms with Gasteiger partial charge in [-0.05, 0) is 68.5 Å². The topological polar surface area (TPSA) is 97.7 Å². The second-order valence-corrected chi connectivity index (χ2v) is 8.99. The smallest absolute Gasteiger partial charge is 0.316 e. The monoisotopic (exact) mass is 477 g/mol. The van der Waals surface area contributed by atoms with Crippen molar-refractivity contribution in [1.29, 1.82) is 0 Å². The molecule has 1 N–H and O–H groups in total. The Balaban J connectivity index is 1.56. The number of hydrogen-bond acceptors (Lipinski definition) is 5. The molecule has 0 saturated heterocycles. The van der Waals surface area contributed by atoms with Crippen LogP contribution in [0.4, 0.5) is 10.1 Å². The number of nitrogens with zero attached hydrogens (tertiary/aromatic N) is 2. The lowest BCUT2D eigenvalue weighted by atomic mass is 9.92. The van der Waals surface area contributed by atoms with Crippen molar-refractivity contribution in [3.63, 3.8) is 0 Å². The summed E-state index contributed by atoms with van der Waals surface area (Å²) in [5, 5.41) is 5.28. The van der Waals surface area contributed by atoms with Crippen molar-refractivity contribution in [3.05, 3.63) is 81.5 Å². The molecule has 35 heavy (non-hydrogen) atoms. The van der Waals surface area contributed by atoms with E-state index in [1.807, 2.05) is 6.92 Å². The highest BCUT2D eigenvalue weighted by Gasteiger charge is 2.32. The number of benzene rings is 1. The zero-order valence-corrected chi connectivity index (χ0v) is 19.8. The van der Waals surface area contributed by atoms with Gasteiger partial charge in [-0.25, -0.2) is 4.39 Å². The average Bonchev–Trinajstić information content (AvgIpc) is 3.70. The second kappa shape index (κ2) is 10.7. The Morgan fingerprint density at radius 3 is 2.51 bits per heavy atom. The van der Waals surface area contributed by atoms with E-state index in [4.69, 9.17) is 4.74 Å². The van der Waals surface area contributed by atoms with Crippen molar-refractivity contribution < 1.29 is 18.7 Å². The number of carbonyl (C=O) groups is 2. The number of hydrogen-bond donors (Lipinski definition) is 1. The van der Waals surface area contributed by atoms with E-state index in [9.17, 15) is 14.5 Å². The average molecular weight is 478 g/mol. The molecule has 2 aliphatic carbocycles. The molecule has 1 aromatic heterocycles.